The van der Waals surface area contributed by atoms with Gasteiger partial charge >= 0.3 is 5.97 Å². The van der Waals surface area contributed by atoms with Gasteiger partial charge < -0.3 is 9.67 Å². The summed E-state index contributed by atoms with van der Waals surface area (Å²) in [7, 11) is 0. The molecule has 0 spiro atoms. The molecular weight excluding hydrogens is 238 g/mol. The van der Waals surface area contributed by atoms with Gasteiger partial charge in [0.15, 0.2) is 0 Å². The molecule has 1 aromatic carbocycles. The molecule has 0 saturated heterocycles. The van der Waals surface area contributed by atoms with Crippen molar-refractivity contribution in [1.82, 2.24) is 4.57 Å². The highest BCUT2D eigenvalue weighted by molar-refractivity contribution is 5.85. The second-order valence-corrected chi connectivity index (χ2v) is 4.62. The Kier molecular flexibility index (Phi) is 3.56. The molecule has 19 heavy (non-hydrogen) atoms. The largest absolute Gasteiger partial charge is 0.478 e. The number of hydrogen-bond donors (Lipinski definition) is 1. The van der Waals surface area contributed by atoms with Crippen molar-refractivity contribution >= 4 is 12.0 Å². The van der Waals surface area contributed by atoms with E-state index in [0.29, 0.717) is 0 Å². The molecule has 0 fully saturated rings. The van der Waals surface area contributed by atoms with Gasteiger partial charge in [-0.15, -0.1) is 0 Å². The maximum atomic E-state index is 10.6. The lowest BCUT2D eigenvalue weighted by Crippen LogP contribution is -2.01. The molecule has 0 amide bonds. The van der Waals surface area contributed by atoms with Crippen molar-refractivity contribution in [3.05, 3.63) is 58.9 Å². The van der Waals surface area contributed by atoms with Crippen LogP contribution in [0.4, 0.5) is 0 Å². The van der Waals surface area contributed by atoms with Crippen LogP contribution in [0.5, 0.6) is 0 Å². The van der Waals surface area contributed by atoms with Crippen molar-refractivity contribution in [1.29, 1.82) is 0 Å². The molecule has 0 aliphatic heterocycles. The first-order chi connectivity index (χ1) is 9.00. The molecule has 0 bridgehead atoms. The van der Waals surface area contributed by atoms with Crippen LogP contribution in [0.1, 0.15) is 22.5 Å². The molecule has 1 aromatic heterocycles. The molecule has 3 nitrogen and oxygen atoms in total. The smallest absolute Gasteiger partial charge is 0.328 e. The quantitative estimate of drug-likeness (QED) is 0.853. The Bertz CT molecular complexity index is 651. The topological polar surface area (TPSA) is 42.2 Å². The second-order valence-electron chi connectivity index (χ2n) is 4.62. The molecule has 2 rings (SSSR count). The van der Waals surface area contributed by atoms with Gasteiger partial charge in [-0.3, -0.25) is 0 Å². The molecule has 1 N–H and O–H groups in total. The Morgan fingerprint density at radius 2 is 1.89 bits per heavy atom. The zero-order valence-electron chi connectivity index (χ0n) is 11.3. The van der Waals surface area contributed by atoms with Gasteiger partial charge in [0.1, 0.15) is 0 Å². The number of aromatic nitrogens is 1. The van der Waals surface area contributed by atoms with Crippen LogP contribution in [0.3, 0.4) is 0 Å². The van der Waals surface area contributed by atoms with Crippen LogP contribution in [-0.2, 0) is 4.79 Å². The molecule has 0 aliphatic carbocycles. The van der Waals surface area contributed by atoms with Crippen molar-refractivity contribution in [2.75, 3.05) is 0 Å². The predicted molar refractivity (Wildman–Crippen MR) is 76.6 cm³/mol. The Morgan fingerprint density at radius 3 is 2.53 bits per heavy atom. The third-order valence-corrected chi connectivity index (χ3v) is 3.23. The molecule has 0 atom stereocenters. The Labute approximate surface area is 112 Å². The first-order valence-electron chi connectivity index (χ1n) is 6.16. The molecular formula is C16H17NO2. The van der Waals surface area contributed by atoms with Crippen LogP contribution in [-0.4, -0.2) is 15.6 Å². The fraction of sp³-hybridized carbons (Fsp3) is 0.188. The highest BCUT2D eigenvalue weighted by Crippen LogP contribution is 2.23. The maximum absolute atomic E-state index is 10.6. The zero-order chi connectivity index (χ0) is 14.0. The van der Waals surface area contributed by atoms with Gasteiger partial charge in [-0.25, -0.2) is 4.79 Å². The van der Waals surface area contributed by atoms with Gasteiger partial charge in [0.05, 0.1) is 0 Å². The fourth-order valence-corrected chi connectivity index (χ4v) is 2.30. The van der Waals surface area contributed by atoms with E-state index in [9.17, 15) is 4.79 Å². The van der Waals surface area contributed by atoms with Crippen LogP contribution in [0.25, 0.3) is 11.8 Å². The highest BCUT2D eigenvalue weighted by atomic mass is 16.4. The van der Waals surface area contributed by atoms with E-state index < -0.39 is 5.97 Å². The van der Waals surface area contributed by atoms with Crippen LogP contribution in [0.15, 0.2) is 36.4 Å². The van der Waals surface area contributed by atoms with Gasteiger partial charge in [0.2, 0.25) is 0 Å². The summed E-state index contributed by atoms with van der Waals surface area (Å²) in [5, 5.41) is 8.71. The number of aryl methyl sites for hydroxylation is 2. The molecule has 2 aromatic rings. The monoisotopic (exact) mass is 255 g/mol. The van der Waals surface area contributed by atoms with Crippen molar-refractivity contribution in [2.45, 2.75) is 20.8 Å². The normalized spacial score (nSPS) is 11.1. The number of benzene rings is 1. The van der Waals surface area contributed by atoms with E-state index in [1.54, 1.807) is 6.08 Å². The average Bonchev–Trinajstić information content (AvgIpc) is 2.63. The first-order valence-corrected chi connectivity index (χ1v) is 6.16. The van der Waals surface area contributed by atoms with Gasteiger partial charge in [-0.1, -0.05) is 18.2 Å². The standard InChI is InChI=1S/C16H17NO2/c1-11-6-4-5-7-15(11)17-12(2)10-14(13(17)3)8-9-16(18)19/h4-10H,1-3H3,(H,18,19)/b9-8+. The zero-order valence-corrected chi connectivity index (χ0v) is 11.3. The van der Waals surface area contributed by atoms with Crippen LogP contribution in [0, 0.1) is 20.8 Å². The summed E-state index contributed by atoms with van der Waals surface area (Å²) in [5.74, 6) is -0.930. The van der Waals surface area contributed by atoms with Crippen molar-refractivity contribution in [2.24, 2.45) is 0 Å². The number of carbonyl (C=O) groups is 1. The molecule has 3 heteroatoms. The van der Waals surface area contributed by atoms with Gasteiger partial charge in [-0.05, 0) is 50.1 Å². The Balaban J connectivity index is 2.54. The SMILES string of the molecule is Cc1ccccc1-n1c(C)cc(/C=C/C(=O)O)c1C. The fourth-order valence-electron chi connectivity index (χ4n) is 2.30. The molecule has 0 aliphatic rings. The van der Waals surface area contributed by atoms with E-state index in [1.165, 1.54) is 11.6 Å². The summed E-state index contributed by atoms with van der Waals surface area (Å²) >= 11 is 0. The van der Waals surface area contributed by atoms with Gasteiger partial charge in [-0.2, -0.15) is 0 Å². The van der Waals surface area contributed by atoms with E-state index in [0.717, 1.165) is 22.6 Å². The van der Waals surface area contributed by atoms with Crippen molar-refractivity contribution in [3.8, 4) is 5.69 Å². The number of nitrogens with zero attached hydrogens (tertiary/aromatic N) is 1. The first kappa shape index (κ1) is 13.1. The number of carboxylic acid groups (broad SMARTS) is 1. The summed E-state index contributed by atoms with van der Waals surface area (Å²) in [4.78, 5) is 10.6. The third-order valence-electron chi connectivity index (χ3n) is 3.23. The molecule has 98 valence electrons. The van der Waals surface area contributed by atoms with Crippen molar-refractivity contribution < 1.29 is 9.90 Å². The van der Waals surface area contributed by atoms with E-state index >= 15 is 0 Å². The minimum Gasteiger partial charge on any atom is -0.478 e. The molecule has 0 radical (unpaired) electrons. The minimum atomic E-state index is -0.930. The highest BCUT2D eigenvalue weighted by Gasteiger charge is 2.10. The Hall–Kier alpha value is -2.29. The lowest BCUT2D eigenvalue weighted by molar-refractivity contribution is -0.131. The molecule has 0 saturated carbocycles. The van der Waals surface area contributed by atoms with E-state index in [2.05, 4.69) is 23.6 Å². The maximum Gasteiger partial charge on any atom is 0.328 e. The number of aliphatic carboxylic acids is 1. The van der Waals surface area contributed by atoms with Crippen molar-refractivity contribution in [3.63, 3.8) is 0 Å². The summed E-state index contributed by atoms with van der Waals surface area (Å²) in [6.45, 7) is 6.10. The molecule has 1 heterocycles. The second kappa shape index (κ2) is 5.14. The van der Waals surface area contributed by atoms with Crippen LogP contribution < -0.4 is 0 Å². The van der Waals surface area contributed by atoms with E-state index in [1.807, 2.05) is 32.0 Å². The van der Waals surface area contributed by atoms with E-state index in [-0.39, 0.29) is 0 Å². The number of para-hydroxylation sites is 1. The Morgan fingerprint density at radius 1 is 1.21 bits per heavy atom. The average molecular weight is 255 g/mol. The lowest BCUT2D eigenvalue weighted by atomic mass is 10.2. The van der Waals surface area contributed by atoms with Gasteiger partial charge in [0.25, 0.3) is 0 Å². The lowest BCUT2D eigenvalue weighted by Gasteiger charge is -2.12. The van der Waals surface area contributed by atoms with Crippen LogP contribution >= 0.6 is 0 Å². The minimum absolute atomic E-state index is 0.930. The predicted octanol–water partition coefficient (Wildman–Crippen LogP) is 3.50. The summed E-state index contributed by atoms with van der Waals surface area (Å²) in [5.41, 5.74) is 5.40. The third kappa shape index (κ3) is 2.60. The summed E-state index contributed by atoms with van der Waals surface area (Å²) < 4.78 is 2.15. The van der Waals surface area contributed by atoms with Gasteiger partial charge in [0, 0.05) is 23.2 Å². The number of hydrogen-bond acceptors (Lipinski definition) is 1. The van der Waals surface area contributed by atoms with E-state index in [4.69, 9.17) is 5.11 Å². The summed E-state index contributed by atoms with van der Waals surface area (Å²) in [6, 6.07) is 10.2. The number of rotatable bonds is 3. The summed E-state index contributed by atoms with van der Waals surface area (Å²) in [6.07, 6.45) is 2.81. The van der Waals surface area contributed by atoms with Crippen LogP contribution in [0.2, 0.25) is 0 Å². The molecule has 0 unspecified atom stereocenters. The number of carboxylic acids is 1.